The van der Waals surface area contributed by atoms with Gasteiger partial charge in [-0.2, -0.15) is 0 Å². The molecule has 0 saturated carbocycles. The van der Waals surface area contributed by atoms with Crippen molar-refractivity contribution in [1.82, 2.24) is 14.8 Å². The molecule has 1 spiro atoms. The normalized spacial score (nSPS) is 21.1. The van der Waals surface area contributed by atoms with Gasteiger partial charge in [-0.25, -0.2) is 18.7 Å². The number of aromatic nitrogens is 1. The van der Waals surface area contributed by atoms with Gasteiger partial charge in [0.05, 0.1) is 11.0 Å². The molecule has 1 N–H and O–H groups in total. The first-order valence-corrected chi connectivity index (χ1v) is 12.1. The van der Waals surface area contributed by atoms with Crippen LogP contribution in [0, 0.1) is 5.82 Å². The fraction of sp³-hybridized carbons (Fsp3) is 0.259. The van der Waals surface area contributed by atoms with Crippen molar-refractivity contribution in [3.63, 3.8) is 0 Å². The van der Waals surface area contributed by atoms with Crippen LogP contribution in [0.15, 0.2) is 66.9 Å². The number of piperidine rings is 1. The third-order valence-corrected chi connectivity index (χ3v) is 7.54. The van der Waals surface area contributed by atoms with Gasteiger partial charge in [-0.15, -0.1) is 0 Å². The number of fused-ring (bicyclic) bond motifs is 2. The molecule has 0 radical (unpaired) electrons. The van der Waals surface area contributed by atoms with Crippen molar-refractivity contribution in [2.24, 2.45) is 0 Å². The van der Waals surface area contributed by atoms with Crippen LogP contribution in [0.5, 0.6) is 0 Å². The minimum atomic E-state index is -0.271. The number of carbonyl (C=O) groups is 1. The summed E-state index contributed by atoms with van der Waals surface area (Å²) in [6.45, 7) is 2.70. The summed E-state index contributed by atoms with van der Waals surface area (Å²) in [7, 11) is 0. The molecule has 0 bridgehead atoms. The number of rotatable bonds is 4. The van der Waals surface area contributed by atoms with Crippen molar-refractivity contribution in [2.45, 2.75) is 18.3 Å². The van der Waals surface area contributed by atoms with Crippen LogP contribution in [-0.4, -0.2) is 37.1 Å². The van der Waals surface area contributed by atoms with Crippen molar-refractivity contribution < 1.29 is 9.18 Å². The third kappa shape index (κ3) is 4.18. The average molecular weight is 497 g/mol. The van der Waals surface area contributed by atoms with Crippen LogP contribution in [0.3, 0.4) is 0 Å². The molecule has 2 aromatic carbocycles. The summed E-state index contributed by atoms with van der Waals surface area (Å²) in [4.78, 5) is 18.3. The number of quaternary nitrogens is 1. The minimum Gasteiger partial charge on any atom is -0.317 e. The number of pyridine rings is 1. The largest absolute Gasteiger partial charge is 0.351 e. The zero-order chi connectivity index (χ0) is 23.8. The van der Waals surface area contributed by atoms with E-state index in [1.54, 1.807) is 30.5 Å². The molecular weight excluding hydrogens is 472 g/mol. The Labute approximate surface area is 208 Å². The summed E-state index contributed by atoms with van der Waals surface area (Å²) in [5, 5.41) is 4.36. The van der Waals surface area contributed by atoms with Gasteiger partial charge < -0.3 is 5.32 Å². The van der Waals surface area contributed by atoms with Crippen LogP contribution < -0.4 is 9.80 Å². The quantitative estimate of drug-likeness (QED) is 0.354. The number of nitrogens with zero attached hydrogens (tertiary/aromatic N) is 2. The molecule has 34 heavy (non-hydrogen) atoms. The van der Waals surface area contributed by atoms with Crippen LogP contribution in [0.25, 0.3) is 6.08 Å². The van der Waals surface area contributed by atoms with Crippen LogP contribution in [0.1, 0.15) is 34.3 Å². The Morgan fingerprint density at radius 2 is 1.85 bits per heavy atom. The van der Waals surface area contributed by atoms with Gasteiger partial charge in [0.15, 0.2) is 0 Å². The van der Waals surface area contributed by atoms with Crippen LogP contribution >= 0.6 is 23.2 Å². The van der Waals surface area contributed by atoms with Crippen molar-refractivity contribution >= 4 is 40.9 Å². The lowest BCUT2D eigenvalue weighted by Crippen LogP contribution is -2.57. The Hall–Kier alpha value is -2.57. The Morgan fingerprint density at radius 1 is 1.09 bits per heavy atom. The molecule has 3 heterocycles. The van der Waals surface area contributed by atoms with E-state index in [0.717, 1.165) is 42.7 Å². The summed E-state index contributed by atoms with van der Waals surface area (Å²) in [5.41, 5.74) is 3.05. The number of hydrogen-bond donors (Lipinski definition) is 1. The zero-order valence-corrected chi connectivity index (χ0v) is 20.1. The maximum Gasteiger partial charge on any atom is 0.351 e. The van der Waals surface area contributed by atoms with E-state index in [-0.39, 0.29) is 26.8 Å². The van der Waals surface area contributed by atoms with E-state index in [9.17, 15) is 9.18 Å². The van der Waals surface area contributed by atoms with Gasteiger partial charge in [0, 0.05) is 22.8 Å². The zero-order valence-electron chi connectivity index (χ0n) is 18.6. The second-order valence-corrected chi connectivity index (χ2v) is 9.95. The van der Waals surface area contributed by atoms with E-state index in [0.29, 0.717) is 23.7 Å². The minimum absolute atomic E-state index is 0.0617. The fourth-order valence-corrected chi connectivity index (χ4v) is 5.78. The molecule has 1 unspecified atom stereocenters. The smallest absolute Gasteiger partial charge is 0.317 e. The van der Waals surface area contributed by atoms with Crippen LogP contribution in [0.2, 0.25) is 10.2 Å². The number of carbonyl (C=O) groups excluding carboxylic acids is 1. The summed E-state index contributed by atoms with van der Waals surface area (Å²) in [6.07, 6.45) is 7.29. The van der Waals surface area contributed by atoms with Crippen LogP contribution in [-0.2, 0) is 5.41 Å². The summed E-state index contributed by atoms with van der Waals surface area (Å²) in [6, 6.07) is 15.8. The molecule has 1 fully saturated rings. The first-order valence-electron chi connectivity index (χ1n) is 11.4. The first kappa shape index (κ1) is 23.2. The Bertz CT molecular complexity index is 1250. The molecule has 1 aromatic heterocycles. The summed E-state index contributed by atoms with van der Waals surface area (Å²) < 4.78 is 14.6. The first-order chi connectivity index (χ1) is 16.4. The van der Waals surface area contributed by atoms with E-state index in [2.05, 4.69) is 10.3 Å². The van der Waals surface area contributed by atoms with Gasteiger partial charge in [-0.05, 0) is 74.0 Å². The molecule has 7 heteroatoms. The molecule has 2 aliphatic heterocycles. The molecule has 5 rings (SSSR count). The van der Waals surface area contributed by atoms with E-state index in [1.165, 1.54) is 6.07 Å². The second-order valence-electron chi connectivity index (χ2n) is 9.13. The number of nitrogens with one attached hydrogen (secondary N) is 1. The predicted octanol–water partition coefficient (Wildman–Crippen LogP) is 6.02. The average Bonchev–Trinajstić information content (AvgIpc) is 3.09. The highest BCUT2D eigenvalue weighted by molar-refractivity contribution is 6.30. The topological polar surface area (TPSA) is 42.0 Å². The highest BCUT2D eigenvalue weighted by Gasteiger charge is 2.57. The molecular formula is C27H25Cl2FN3O+. The Kier molecular flexibility index (Phi) is 6.30. The molecule has 0 aliphatic carbocycles. The van der Waals surface area contributed by atoms with Gasteiger partial charge in [0.1, 0.15) is 29.7 Å². The lowest BCUT2D eigenvalue weighted by molar-refractivity contribution is 0.0759. The van der Waals surface area contributed by atoms with Gasteiger partial charge in [-0.1, -0.05) is 41.4 Å². The standard InChI is InChI=1S/C27H25Cl2FN3O/c28-21-5-3-19(4-6-21)2-1-15-33(26(34)20-9-12-32-25(29)16-20)18-27(10-13-31-14-11-27)23-17-22(30)7-8-24(23)33/h1-9,12,16-17,31H,10-11,13-15,18H2/q+1/b2-1+. The van der Waals surface area contributed by atoms with Crippen molar-refractivity contribution in [2.75, 3.05) is 26.2 Å². The monoisotopic (exact) mass is 496 g/mol. The third-order valence-electron chi connectivity index (χ3n) is 7.08. The SMILES string of the molecule is O=C(c1ccnc(Cl)c1)[N+]1(C/C=C/c2ccc(Cl)cc2)CC2(CCNCC2)c2cc(F)ccc21. The molecule has 3 aromatic rings. The molecule has 1 amide bonds. The lowest BCUT2D eigenvalue weighted by atomic mass is 9.74. The molecule has 1 atom stereocenters. The lowest BCUT2D eigenvalue weighted by Gasteiger charge is -2.36. The highest BCUT2D eigenvalue weighted by atomic mass is 35.5. The van der Waals surface area contributed by atoms with E-state index in [4.69, 9.17) is 23.2 Å². The maximum absolute atomic E-state index is 14.5. The Balaban J connectivity index is 1.62. The highest BCUT2D eigenvalue weighted by Crippen LogP contribution is 2.51. The number of hydrogen-bond acceptors (Lipinski definition) is 3. The predicted molar refractivity (Wildman–Crippen MR) is 136 cm³/mol. The number of benzene rings is 2. The van der Waals surface area contributed by atoms with Gasteiger partial charge >= 0.3 is 5.91 Å². The van der Waals surface area contributed by atoms with Crippen molar-refractivity contribution in [1.29, 1.82) is 0 Å². The van der Waals surface area contributed by atoms with Gasteiger partial charge in [-0.3, -0.25) is 0 Å². The van der Waals surface area contributed by atoms with E-state index < -0.39 is 0 Å². The summed E-state index contributed by atoms with van der Waals surface area (Å²) >= 11 is 12.2. The van der Waals surface area contributed by atoms with E-state index >= 15 is 0 Å². The van der Waals surface area contributed by atoms with E-state index in [1.807, 2.05) is 36.4 Å². The molecule has 2 aliphatic rings. The molecule has 1 saturated heterocycles. The number of halogens is 3. The molecule has 174 valence electrons. The van der Waals surface area contributed by atoms with Gasteiger partial charge in [0.2, 0.25) is 0 Å². The Morgan fingerprint density at radius 3 is 2.59 bits per heavy atom. The maximum atomic E-state index is 14.5. The van der Waals surface area contributed by atoms with Crippen molar-refractivity contribution in [3.8, 4) is 0 Å². The van der Waals surface area contributed by atoms with Gasteiger partial charge in [0.25, 0.3) is 0 Å². The second kappa shape index (κ2) is 9.23. The molecule has 4 nitrogen and oxygen atoms in total. The van der Waals surface area contributed by atoms with Crippen LogP contribution in [0.4, 0.5) is 10.1 Å². The van der Waals surface area contributed by atoms with Crippen molar-refractivity contribution in [3.05, 3.63) is 99.6 Å². The number of amides is 1. The fourth-order valence-electron chi connectivity index (χ4n) is 5.48. The summed E-state index contributed by atoms with van der Waals surface area (Å²) in [5.74, 6) is -0.332.